The van der Waals surface area contributed by atoms with E-state index in [1.165, 1.54) is 0 Å². The number of hydrogen-bond donors (Lipinski definition) is 3. The van der Waals surface area contributed by atoms with Crippen LogP contribution in [0.4, 0.5) is 0 Å². The zero-order chi connectivity index (χ0) is 16.6. The number of benzene rings is 1. The molecule has 124 valence electrons. The zero-order valence-corrected chi connectivity index (χ0v) is 14.2. The number of halogens is 2. The molecule has 0 saturated carbocycles. The first-order valence-electron chi connectivity index (χ1n) is 7.58. The molecule has 2 heterocycles. The molecule has 0 saturated heterocycles. The van der Waals surface area contributed by atoms with Gasteiger partial charge in [-0.2, -0.15) is 0 Å². The number of ether oxygens (including phenoxy) is 1. The number of hydrogen-bond acceptors (Lipinski definition) is 3. The SMILES string of the molecule is CC1C(=O)NCCc2[nH]c3c(Cl)c(Cl)cc(OCCCO)c3c21. The average molecular weight is 357 g/mol. The van der Waals surface area contributed by atoms with Crippen molar-refractivity contribution in [3.05, 3.63) is 27.4 Å². The van der Waals surface area contributed by atoms with Gasteiger partial charge in [-0.3, -0.25) is 4.79 Å². The van der Waals surface area contributed by atoms with Gasteiger partial charge in [0.15, 0.2) is 0 Å². The number of fused-ring (bicyclic) bond motifs is 3. The first kappa shape index (κ1) is 16.4. The van der Waals surface area contributed by atoms with Gasteiger partial charge >= 0.3 is 0 Å². The highest BCUT2D eigenvalue weighted by Crippen LogP contribution is 2.43. The number of aliphatic hydroxyl groups is 1. The lowest BCUT2D eigenvalue weighted by Crippen LogP contribution is -2.26. The third kappa shape index (κ3) is 2.89. The van der Waals surface area contributed by atoms with Crippen molar-refractivity contribution in [1.82, 2.24) is 10.3 Å². The zero-order valence-electron chi connectivity index (χ0n) is 12.7. The number of aromatic amines is 1. The van der Waals surface area contributed by atoms with Crippen LogP contribution < -0.4 is 10.1 Å². The Morgan fingerprint density at radius 3 is 2.96 bits per heavy atom. The molecule has 23 heavy (non-hydrogen) atoms. The number of aliphatic hydroxyl groups excluding tert-OH is 1. The molecule has 0 fully saturated rings. The van der Waals surface area contributed by atoms with Crippen LogP contribution in [0.15, 0.2) is 6.07 Å². The molecule has 1 atom stereocenters. The number of carbonyl (C=O) groups excluding carboxylic acids is 1. The van der Waals surface area contributed by atoms with Crippen LogP contribution in [0.25, 0.3) is 10.9 Å². The van der Waals surface area contributed by atoms with Crippen LogP contribution in [0.2, 0.25) is 10.0 Å². The number of H-pyrrole nitrogens is 1. The van der Waals surface area contributed by atoms with Gasteiger partial charge in [0.05, 0.1) is 28.1 Å². The van der Waals surface area contributed by atoms with E-state index in [2.05, 4.69) is 10.3 Å². The van der Waals surface area contributed by atoms with Gasteiger partial charge in [0.2, 0.25) is 5.91 Å². The second kappa shape index (κ2) is 6.59. The van der Waals surface area contributed by atoms with Crippen molar-refractivity contribution in [3.8, 4) is 5.75 Å². The molecule has 0 aliphatic carbocycles. The first-order chi connectivity index (χ1) is 11.0. The maximum absolute atomic E-state index is 12.2. The molecule has 2 aromatic rings. The van der Waals surface area contributed by atoms with Crippen LogP contribution in [0.3, 0.4) is 0 Å². The lowest BCUT2D eigenvalue weighted by molar-refractivity contribution is -0.121. The lowest BCUT2D eigenvalue weighted by atomic mass is 9.96. The van der Waals surface area contributed by atoms with Crippen molar-refractivity contribution in [3.63, 3.8) is 0 Å². The molecule has 1 aromatic heterocycles. The van der Waals surface area contributed by atoms with Crippen molar-refractivity contribution in [2.45, 2.75) is 25.7 Å². The normalized spacial score (nSPS) is 17.7. The summed E-state index contributed by atoms with van der Waals surface area (Å²) in [7, 11) is 0. The number of rotatable bonds is 4. The number of carbonyl (C=O) groups is 1. The van der Waals surface area contributed by atoms with Gasteiger partial charge in [0, 0.05) is 43.1 Å². The van der Waals surface area contributed by atoms with Crippen molar-refractivity contribution in [2.24, 2.45) is 0 Å². The van der Waals surface area contributed by atoms with E-state index >= 15 is 0 Å². The second-order valence-corrected chi connectivity index (χ2v) is 6.41. The van der Waals surface area contributed by atoms with Gasteiger partial charge in [0.1, 0.15) is 5.75 Å². The molecule has 0 spiro atoms. The minimum Gasteiger partial charge on any atom is -0.493 e. The first-order valence-corrected chi connectivity index (χ1v) is 8.34. The molecule has 1 aliphatic rings. The van der Waals surface area contributed by atoms with Crippen LogP contribution in [0.5, 0.6) is 5.75 Å². The number of amides is 1. The van der Waals surface area contributed by atoms with Gasteiger partial charge in [-0.15, -0.1) is 0 Å². The summed E-state index contributed by atoms with van der Waals surface area (Å²) in [6.45, 7) is 2.86. The quantitative estimate of drug-likeness (QED) is 0.737. The second-order valence-electron chi connectivity index (χ2n) is 5.63. The summed E-state index contributed by atoms with van der Waals surface area (Å²) in [5, 5.41) is 13.5. The minimum atomic E-state index is -0.307. The summed E-state index contributed by atoms with van der Waals surface area (Å²) >= 11 is 12.6. The van der Waals surface area contributed by atoms with Crippen LogP contribution >= 0.6 is 23.2 Å². The van der Waals surface area contributed by atoms with E-state index in [1.807, 2.05) is 6.92 Å². The highest BCUT2D eigenvalue weighted by Gasteiger charge is 2.29. The Labute approximate surface area is 143 Å². The molecule has 3 N–H and O–H groups in total. The van der Waals surface area contributed by atoms with E-state index in [-0.39, 0.29) is 18.4 Å². The molecule has 1 amide bonds. The van der Waals surface area contributed by atoms with Crippen LogP contribution in [-0.2, 0) is 11.2 Å². The monoisotopic (exact) mass is 356 g/mol. The van der Waals surface area contributed by atoms with Gasteiger partial charge in [-0.25, -0.2) is 0 Å². The van der Waals surface area contributed by atoms with Gasteiger partial charge in [0.25, 0.3) is 0 Å². The fraction of sp³-hybridized carbons (Fsp3) is 0.438. The molecule has 1 aromatic carbocycles. The Morgan fingerprint density at radius 1 is 1.43 bits per heavy atom. The average Bonchev–Trinajstić information content (AvgIpc) is 2.85. The predicted octanol–water partition coefficient (Wildman–Crippen LogP) is 3.01. The van der Waals surface area contributed by atoms with E-state index in [4.69, 9.17) is 33.0 Å². The Hall–Kier alpha value is -1.43. The topological polar surface area (TPSA) is 74.4 Å². The van der Waals surface area contributed by atoms with E-state index in [0.29, 0.717) is 47.3 Å². The van der Waals surface area contributed by atoms with Crippen LogP contribution in [-0.4, -0.2) is 35.8 Å². The highest BCUT2D eigenvalue weighted by molar-refractivity contribution is 6.45. The standard InChI is InChI=1S/C16H18Cl2N2O3/c1-8-12-10(3-4-19-16(8)22)20-15-13(12)11(23-6-2-5-21)7-9(17)14(15)18/h7-8,20-21H,2-6H2,1H3,(H,19,22). The highest BCUT2D eigenvalue weighted by atomic mass is 35.5. The van der Waals surface area contributed by atoms with Crippen molar-refractivity contribution < 1.29 is 14.6 Å². The fourth-order valence-corrected chi connectivity index (χ4v) is 3.38. The lowest BCUT2D eigenvalue weighted by Gasteiger charge is -2.13. The van der Waals surface area contributed by atoms with Crippen LogP contribution in [0, 0.1) is 0 Å². The summed E-state index contributed by atoms with van der Waals surface area (Å²) in [6, 6.07) is 1.67. The van der Waals surface area contributed by atoms with E-state index < -0.39 is 0 Å². The maximum Gasteiger partial charge on any atom is 0.227 e. The molecule has 7 heteroatoms. The van der Waals surface area contributed by atoms with Gasteiger partial charge < -0.3 is 20.1 Å². The summed E-state index contributed by atoms with van der Waals surface area (Å²) in [5.41, 5.74) is 2.58. The number of aromatic nitrogens is 1. The maximum atomic E-state index is 12.2. The fourth-order valence-electron chi connectivity index (χ4n) is 2.99. The van der Waals surface area contributed by atoms with Gasteiger partial charge in [-0.1, -0.05) is 23.2 Å². The Kier molecular flexibility index (Phi) is 4.71. The molecule has 5 nitrogen and oxygen atoms in total. The van der Waals surface area contributed by atoms with E-state index in [0.717, 1.165) is 16.6 Å². The van der Waals surface area contributed by atoms with Crippen LogP contribution in [0.1, 0.15) is 30.5 Å². The molecule has 0 bridgehead atoms. The largest absolute Gasteiger partial charge is 0.493 e. The summed E-state index contributed by atoms with van der Waals surface area (Å²) < 4.78 is 5.79. The minimum absolute atomic E-state index is 0.0166. The smallest absolute Gasteiger partial charge is 0.227 e. The molecule has 3 rings (SSSR count). The summed E-state index contributed by atoms with van der Waals surface area (Å²) in [5.74, 6) is 0.262. The van der Waals surface area contributed by atoms with Crippen molar-refractivity contribution >= 4 is 40.0 Å². The molecule has 1 unspecified atom stereocenters. The summed E-state index contributed by atoms with van der Waals surface area (Å²) in [6.07, 6.45) is 1.22. The number of nitrogens with one attached hydrogen (secondary N) is 2. The van der Waals surface area contributed by atoms with E-state index in [1.54, 1.807) is 6.07 Å². The Morgan fingerprint density at radius 2 is 2.22 bits per heavy atom. The third-order valence-corrected chi connectivity index (χ3v) is 4.90. The molecular formula is C16H18Cl2N2O3. The summed E-state index contributed by atoms with van der Waals surface area (Å²) in [4.78, 5) is 15.5. The Bertz CT molecular complexity index is 758. The van der Waals surface area contributed by atoms with Gasteiger partial charge in [-0.05, 0) is 12.5 Å². The predicted molar refractivity (Wildman–Crippen MR) is 90.6 cm³/mol. The van der Waals surface area contributed by atoms with Crippen molar-refractivity contribution in [1.29, 1.82) is 0 Å². The van der Waals surface area contributed by atoms with E-state index in [9.17, 15) is 4.79 Å². The molecule has 1 aliphatic heterocycles. The molecule has 0 radical (unpaired) electrons. The van der Waals surface area contributed by atoms with Crippen molar-refractivity contribution in [2.75, 3.05) is 19.8 Å². The Balaban J connectivity index is 2.20. The molecular weight excluding hydrogens is 339 g/mol. The third-order valence-electron chi connectivity index (χ3n) is 4.11.